The van der Waals surface area contributed by atoms with Gasteiger partial charge in [-0.2, -0.15) is 10.5 Å². The summed E-state index contributed by atoms with van der Waals surface area (Å²) in [6.45, 7) is 11.6. The highest BCUT2D eigenvalue weighted by Crippen LogP contribution is 2.34. The number of nitrogens with zero attached hydrogens (tertiary/aromatic N) is 5. The maximum absolute atomic E-state index is 13.5. The Morgan fingerprint density at radius 2 is 1.06 bits per heavy atom. The summed E-state index contributed by atoms with van der Waals surface area (Å²) in [5.41, 5.74) is 15.2. The van der Waals surface area contributed by atoms with Crippen molar-refractivity contribution >= 4 is 24.3 Å². The van der Waals surface area contributed by atoms with Gasteiger partial charge in [-0.1, -0.05) is 43.8 Å². The number of methoxy groups -OCH3 is 2. The fraction of sp³-hybridized carbons (Fsp3) is 0.404. The maximum Gasteiger partial charge on any atom is 0.335 e. The minimum absolute atomic E-state index is 0. The van der Waals surface area contributed by atoms with Crippen LogP contribution < -0.4 is 5.32 Å². The molecule has 2 aliphatic carbocycles. The number of aromatic nitrogens is 4. The summed E-state index contributed by atoms with van der Waals surface area (Å²) in [4.78, 5) is 43.0. The van der Waals surface area contributed by atoms with E-state index in [1.54, 1.807) is 20.3 Å². The van der Waals surface area contributed by atoms with Gasteiger partial charge in [0.1, 0.15) is 11.6 Å². The normalized spacial score (nSPS) is 15.6. The molecule has 4 N–H and O–H groups in total. The molecular weight excluding hydrogens is 912 g/mol. The molecule has 372 valence electrons. The molecule has 2 aliphatic heterocycles. The molecule has 4 heterocycles. The number of rotatable bonds is 8. The minimum atomic E-state index is -0.910. The lowest BCUT2D eigenvalue weighted by Crippen LogP contribution is -2.38. The first-order chi connectivity index (χ1) is 33.3. The number of aryl methyl sites for hydroxylation is 4. The van der Waals surface area contributed by atoms with Crippen LogP contribution in [0.5, 0.6) is 0 Å². The molecule has 2 unspecified atom stereocenters. The van der Waals surface area contributed by atoms with Gasteiger partial charge in [0.15, 0.2) is 0 Å². The predicted molar refractivity (Wildman–Crippen MR) is 279 cm³/mol. The zero-order chi connectivity index (χ0) is 48.8. The number of aromatic carboxylic acids is 1. The van der Waals surface area contributed by atoms with E-state index in [9.17, 15) is 14.7 Å². The number of ether oxygens (including phenoxy) is 2. The quantitative estimate of drug-likeness (QED) is 0.114. The average molecular weight is 980 g/mol. The van der Waals surface area contributed by atoms with Gasteiger partial charge in [-0.3, -0.25) is 4.79 Å². The molecular formula is C57H67ClN8O5. The van der Waals surface area contributed by atoms with Crippen molar-refractivity contribution in [1.29, 1.82) is 10.5 Å². The van der Waals surface area contributed by atoms with Crippen molar-refractivity contribution in [3.05, 3.63) is 151 Å². The Balaban J connectivity index is 0.000000190. The summed E-state index contributed by atoms with van der Waals surface area (Å²) >= 11 is 0. The van der Waals surface area contributed by atoms with E-state index in [1.807, 2.05) is 74.2 Å². The number of piperidine rings is 2. The highest BCUT2D eigenvalue weighted by molar-refractivity contribution is 5.97. The molecule has 14 heteroatoms. The molecule has 2 fully saturated rings. The number of imidazole rings is 2. The largest absolute Gasteiger partial charge is 0.478 e. The van der Waals surface area contributed by atoms with Crippen LogP contribution in [-0.4, -0.2) is 94.4 Å². The van der Waals surface area contributed by atoms with E-state index in [1.165, 1.54) is 24.0 Å². The number of hydrogen-bond acceptors (Lipinski definition) is 9. The Labute approximate surface area is 424 Å². The van der Waals surface area contributed by atoms with Crippen LogP contribution in [0.4, 0.5) is 0 Å². The number of halogens is 1. The van der Waals surface area contributed by atoms with Crippen molar-refractivity contribution in [2.45, 2.75) is 111 Å². The molecule has 2 atom stereocenters. The van der Waals surface area contributed by atoms with E-state index >= 15 is 0 Å². The van der Waals surface area contributed by atoms with E-state index in [-0.39, 0.29) is 37.9 Å². The van der Waals surface area contributed by atoms with Gasteiger partial charge in [-0.25, -0.2) is 14.8 Å². The lowest BCUT2D eigenvalue weighted by atomic mass is 9.88. The van der Waals surface area contributed by atoms with Crippen LogP contribution >= 0.6 is 12.4 Å². The summed E-state index contributed by atoms with van der Waals surface area (Å²) in [5, 5.41) is 30.3. The molecule has 6 aromatic rings. The number of amides is 1. The number of carboxylic acid groups (broad SMARTS) is 1. The maximum atomic E-state index is 13.5. The molecule has 71 heavy (non-hydrogen) atoms. The number of carboxylic acids is 1. The van der Waals surface area contributed by atoms with Gasteiger partial charge in [0.05, 0.1) is 52.4 Å². The highest BCUT2D eigenvalue weighted by Gasteiger charge is 2.29. The molecule has 4 aromatic carbocycles. The second-order valence-electron chi connectivity index (χ2n) is 18.9. The summed E-state index contributed by atoms with van der Waals surface area (Å²) < 4.78 is 10.8. The molecule has 0 bridgehead atoms. The molecule has 13 nitrogen and oxygen atoms in total. The van der Waals surface area contributed by atoms with Crippen molar-refractivity contribution in [2.75, 3.05) is 40.4 Å². The molecule has 1 amide bonds. The third-order valence-electron chi connectivity index (χ3n) is 14.4. The fourth-order valence-electron chi connectivity index (χ4n) is 10.3. The first kappa shape index (κ1) is 53.7. The SMILES string of the molecule is C.COC1Cc2nc(-c3cc(C(=O)N4CCC(c5ccc(C#N)cc5)CC4)c(C)cc3C)[nH]c2C1.COC1Cc2nc(-c3cc(C(=O)O)c(C)cc3C)[nH]c2C1.Cl.N#Cc1ccc(C2CCNCC2)cc1. The first-order valence-electron chi connectivity index (χ1n) is 24.0. The Morgan fingerprint density at radius 1 is 0.634 bits per heavy atom. The summed E-state index contributed by atoms with van der Waals surface area (Å²) in [6.07, 6.45) is 8.00. The minimum Gasteiger partial charge on any atom is -0.478 e. The van der Waals surface area contributed by atoms with Crippen molar-refractivity contribution in [3.8, 4) is 34.9 Å². The number of benzene rings is 4. The smallest absolute Gasteiger partial charge is 0.335 e. The van der Waals surface area contributed by atoms with E-state index in [0.717, 1.165) is 144 Å². The number of fused-ring (bicyclic) bond motifs is 2. The number of hydrogen-bond donors (Lipinski definition) is 4. The number of nitrogens with one attached hydrogen (secondary N) is 3. The molecule has 0 saturated carbocycles. The zero-order valence-electron chi connectivity index (χ0n) is 40.9. The van der Waals surface area contributed by atoms with Gasteiger partial charge in [0.2, 0.25) is 0 Å². The van der Waals surface area contributed by atoms with Crippen LogP contribution in [0, 0.1) is 50.4 Å². The lowest BCUT2D eigenvalue weighted by molar-refractivity contribution is 0.0692. The van der Waals surface area contributed by atoms with Crippen molar-refractivity contribution in [1.82, 2.24) is 30.2 Å². The van der Waals surface area contributed by atoms with E-state index in [4.69, 9.17) is 25.0 Å². The predicted octanol–water partition coefficient (Wildman–Crippen LogP) is 10.3. The molecule has 0 spiro atoms. The van der Waals surface area contributed by atoms with Gasteiger partial charge in [-0.05, 0) is 148 Å². The first-order valence-corrected chi connectivity index (χ1v) is 24.0. The summed E-state index contributed by atoms with van der Waals surface area (Å²) in [6, 6.07) is 27.9. The van der Waals surface area contributed by atoms with Crippen molar-refractivity contribution in [3.63, 3.8) is 0 Å². The van der Waals surface area contributed by atoms with Crippen LogP contribution in [0.15, 0.2) is 72.8 Å². The number of likely N-dealkylation sites (tertiary alicyclic amines) is 1. The van der Waals surface area contributed by atoms with Crippen molar-refractivity contribution in [2.24, 2.45) is 0 Å². The monoisotopic (exact) mass is 978 g/mol. The third kappa shape index (κ3) is 12.3. The number of aromatic amines is 2. The van der Waals surface area contributed by atoms with Gasteiger partial charge in [0.25, 0.3) is 5.91 Å². The Kier molecular flexibility index (Phi) is 18.2. The Morgan fingerprint density at radius 3 is 1.46 bits per heavy atom. The summed E-state index contributed by atoms with van der Waals surface area (Å²) in [5.74, 6) is 1.87. The van der Waals surface area contributed by atoms with Crippen LogP contribution in [0.25, 0.3) is 22.8 Å². The van der Waals surface area contributed by atoms with Crippen LogP contribution in [0.3, 0.4) is 0 Å². The van der Waals surface area contributed by atoms with Gasteiger partial charge in [0, 0.05) is 81.1 Å². The molecule has 0 radical (unpaired) electrons. The number of H-pyrrole nitrogens is 2. The van der Waals surface area contributed by atoms with E-state index in [0.29, 0.717) is 23.0 Å². The number of carbonyl (C=O) groups is 2. The van der Waals surface area contributed by atoms with E-state index < -0.39 is 5.97 Å². The second kappa shape index (κ2) is 24.0. The Hall–Kier alpha value is -6.61. The van der Waals surface area contributed by atoms with Crippen LogP contribution in [-0.2, 0) is 35.2 Å². The average Bonchev–Trinajstić information content (AvgIpc) is 4.16. The Bertz CT molecular complexity index is 2850. The van der Waals surface area contributed by atoms with Crippen LogP contribution in [0.2, 0.25) is 0 Å². The van der Waals surface area contributed by atoms with Gasteiger partial charge < -0.3 is 34.8 Å². The second-order valence-corrected chi connectivity index (χ2v) is 18.9. The molecule has 2 aromatic heterocycles. The zero-order valence-corrected chi connectivity index (χ0v) is 41.8. The molecule has 4 aliphatic rings. The third-order valence-corrected chi connectivity index (χ3v) is 14.4. The highest BCUT2D eigenvalue weighted by atomic mass is 35.5. The lowest BCUT2D eigenvalue weighted by Gasteiger charge is -2.32. The topological polar surface area (TPSA) is 193 Å². The number of carbonyl (C=O) groups excluding carboxylic acids is 1. The molecule has 2 saturated heterocycles. The van der Waals surface area contributed by atoms with Crippen LogP contribution in [0.1, 0.15) is 133 Å². The molecule has 10 rings (SSSR count). The van der Waals surface area contributed by atoms with Gasteiger partial charge >= 0.3 is 5.97 Å². The van der Waals surface area contributed by atoms with E-state index in [2.05, 4.69) is 57.5 Å². The number of nitriles is 2. The van der Waals surface area contributed by atoms with Gasteiger partial charge in [-0.15, -0.1) is 12.4 Å². The summed E-state index contributed by atoms with van der Waals surface area (Å²) in [7, 11) is 3.45. The fourth-order valence-corrected chi connectivity index (χ4v) is 10.3. The standard InChI is InChI=1S/C28H30N4O2.C16H18N2O3.C12H14N2.CH4.ClH/c1-17-12-18(2)24(15-23(17)27-30-25-13-22(34-3)14-26(25)31-27)28(33)32-10-8-21(9-11-32)20-6-4-19(16-29)5-7-20;1-8-4-9(2)12(16(19)20)7-11(8)15-17-13-5-10(21-3)6-14(13)18-15;13-9-10-1-3-11(4-2-10)12-5-7-14-8-6-12;;/h4-7,12,15,21-22H,8-11,13-14H2,1-3H3,(H,30,31);4,7,10H,5-6H2,1-3H3,(H,17,18)(H,19,20);1-4,12,14H,5-8H2;1H4;1H. The van der Waals surface area contributed by atoms with Crippen molar-refractivity contribution < 1.29 is 24.2 Å².